The SMILES string of the molecule is CCCCCC[C@H](O)CC[C@@H]1CCCC[C@]12CC[C@@H](CO[Si](c1ccccc1)(c1ccccc1)C(C)(C)C)N2S(=O)(=O)c1ccc(C)cc1. The van der Waals surface area contributed by atoms with Crippen LogP contribution in [0.3, 0.4) is 0 Å². The fourth-order valence-corrected chi connectivity index (χ4v) is 15.7. The predicted molar refractivity (Wildman–Crippen MR) is 205 cm³/mol. The number of sulfonamides is 1. The molecular weight excluding hydrogens is 643 g/mol. The van der Waals surface area contributed by atoms with Gasteiger partial charge in [-0.15, -0.1) is 0 Å². The van der Waals surface area contributed by atoms with Gasteiger partial charge in [0.1, 0.15) is 0 Å². The lowest BCUT2D eigenvalue weighted by molar-refractivity contribution is 0.0487. The molecule has 3 aromatic rings. The Kier molecular flexibility index (Phi) is 12.7. The van der Waals surface area contributed by atoms with E-state index in [2.05, 4.69) is 88.4 Å². The summed E-state index contributed by atoms with van der Waals surface area (Å²) in [6.07, 6.45) is 12.3. The van der Waals surface area contributed by atoms with Gasteiger partial charge in [-0.1, -0.05) is 145 Å². The molecule has 2 fully saturated rings. The Morgan fingerprint density at radius 2 is 1.49 bits per heavy atom. The smallest absolute Gasteiger partial charge is 0.261 e. The lowest BCUT2D eigenvalue weighted by Crippen LogP contribution is -2.67. The van der Waals surface area contributed by atoms with E-state index in [4.69, 9.17) is 4.43 Å². The molecule has 5 rings (SSSR count). The number of nitrogens with zero attached hydrogens (tertiary/aromatic N) is 1. The van der Waals surface area contributed by atoms with E-state index in [-0.39, 0.29) is 23.1 Å². The van der Waals surface area contributed by atoms with Crippen molar-refractivity contribution in [3.05, 3.63) is 90.5 Å². The molecule has 0 bridgehead atoms. The molecule has 1 spiro atoms. The van der Waals surface area contributed by atoms with Crippen LogP contribution in [0.5, 0.6) is 0 Å². The van der Waals surface area contributed by atoms with Crippen LogP contribution in [0.2, 0.25) is 5.04 Å². The van der Waals surface area contributed by atoms with Crippen molar-refractivity contribution in [3.8, 4) is 0 Å². The van der Waals surface area contributed by atoms with Gasteiger partial charge in [0.25, 0.3) is 8.32 Å². The van der Waals surface area contributed by atoms with E-state index in [1.165, 1.54) is 23.2 Å². The van der Waals surface area contributed by atoms with Crippen LogP contribution >= 0.6 is 0 Å². The van der Waals surface area contributed by atoms with Gasteiger partial charge in [0.15, 0.2) is 0 Å². The Morgan fingerprint density at radius 1 is 0.857 bits per heavy atom. The van der Waals surface area contributed by atoms with Gasteiger partial charge in [0, 0.05) is 11.6 Å². The molecule has 0 radical (unpaired) electrons. The average molecular weight is 704 g/mol. The lowest BCUT2D eigenvalue weighted by atomic mass is 9.69. The molecule has 0 unspecified atom stereocenters. The van der Waals surface area contributed by atoms with Crippen molar-refractivity contribution in [1.82, 2.24) is 4.31 Å². The Morgan fingerprint density at radius 3 is 2.08 bits per heavy atom. The van der Waals surface area contributed by atoms with E-state index in [1.54, 1.807) is 12.1 Å². The van der Waals surface area contributed by atoms with E-state index in [1.807, 2.05) is 23.4 Å². The first kappa shape index (κ1) is 37.9. The molecule has 2 aliphatic rings. The molecule has 1 aliphatic heterocycles. The van der Waals surface area contributed by atoms with E-state index in [9.17, 15) is 5.11 Å². The van der Waals surface area contributed by atoms with Gasteiger partial charge < -0.3 is 9.53 Å². The Hall–Kier alpha value is -2.29. The predicted octanol–water partition coefficient (Wildman–Crippen LogP) is 8.77. The summed E-state index contributed by atoms with van der Waals surface area (Å²) in [6, 6.07) is 28.4. The van der Waals surface area contributed by atoms with Crippen molar-refractivity contribution >= 4 is 28.7 Å². The summed E-state index contributed by atoms with van der Waals surface area (Å²) in [6.45, 7) is 11.4. The summed E-state index contributed by atoms with van der Waals surface area (Å²) in [5, 5.41) is 13.2. The van der Waals surface area contributed by atoms with Crippen LogP contribution in [0.15, 0.2) is 89.8 Å². The Bertz CT molecular complexity index is 1520. The third-order valence-electron chi connectivity index (χ3n) is 11.6. The monoisotopic (exact) mass is 703 g/mol. The van der Waals surface area contributed by atoms with Gasteiger partial charge in [-0.2, -0.15) is 4.31 Å². The molecule has 3 aromatic carbocycles. The minimum absolute atomic E-state index is 0.201. The molecule has 0 aromatic heterocycles. The number of hydrogen-bond acceptors (Lipinski definition) is 4. The maximum Gasteiger partial charge on any atom is 0.261 e. The number of benzene rings is 3. The van der Waals surface area contributed by atoms with Crippen molar-refractivity contribution in [1.29, 1.82) is 0 Å². The highest BCUT2D eigenvalue weighted by Crippen LogP contribution is 2.52. The zero-order valence-electron chi connectivity index (χ0n) is 30.7. The maximum atomic E-state index is 15.0. The Balaban J connectivity index is 1.52. The second kappa shape index (κ2) is 16.4. The van der Waals surface area contributed by atoms with Gasteiger partial charge in [-0.25, -0.2) is 8.42 Å². The van der Waals surface area contributed by atoms with Crippen molar-refractivity contribution in [2.45, 2.75) is 146 Å². The Labute approximate surface area is 298 Å². The molecule has 1 heterocycles. The van der Waals surface area contributed by atoms with Crippen LogP contribution in [-0.4, -0.2) is 50.4 Å². The average Bonchev–Trinajstić information content (AvgIpc) is 3.46. The standard InChI is InChI=1S/C42H61NO4SSi/c1-6-7-8-11-19-37(44)27-26-35-18-16-17-31-42(35)32-30-36(43(42)48(45,46)38-28-24-34(2)25-29-38)33-47-49(41(3,4)5,39-20-12-9-13-21-39)40-22-14-10-15-23-40/h9-10,12-15,20-25,28-29,35-37,44H,6-8,11,16-19,26-27,30-33H2,1-5H3/t35-,36-,37-,42-/m0/s1. The minimum atomic E-state index is -3.83. The molecular formula is C42H61NO4SSi. The van der Waals surface area contributed by atoms with Gasteiger partial charge in [0.05, 0.1) is 17.6 Å². The normalized spacial score (nSPS) is 22.8. The highest BCUT2D eigenvalue weighted by molar-refractivity contribution is 7.89. The molecule has 1 aliphatic carbocycles. The quantitative estimate of drug-likeness (QED) is 0.127. The van der Waals surface area contributed by atoms with Crippen LogP contribution in [0.25, 0.3) is 0 Å². The number of aryl methyl sites for hydroxylation is 1. The third kappa shape index (κ3) is 8.12. The van der Waals surface area contributed by atoms with Gasteiger partial charge in [-0.05, 0) is 85.3 Å². The van der Waals surface area contributed by atoms with Gasteiger partial charge in [-0.3, -0.25) is 0 Å². The summed E-state index contributed by atoms with van der Waals surface area (Å²) < 4.78 is 39.4. The summed E-state index contributed by atoms with van der Waals surface area (Å²) in [5.74, 6) is 0.213. The second-order valence-electron chi connectivity index (χ2n) is 15.9. The molecule has 1 N–H and O–H groups in total. The molecule has 1 saturated heterocycles. The van der Waals surface area contributed by atoms with E-state index < -0.39 is 23.9 Å². The lowest BCUT2D eigenvalue weighted by Gasteiger charge is -2.49. The first-order valence-corrected chi connectivity index (χ1v) is 22.3. The number of hydrogen-bond donors (Lipinski definition) is 1. The van der Waals surface area contributed by atoms with Crippen LogP contribution in [0.4, 0.5) is 0 Å². The topological polar surface area (TPSA) is 66.8 Å². The fraction of sp³-hybridized carbons (Fsp3) is 0.571. The zero-order valence-corrected chi connectivity index (χ0v) is 32.6. The summed E-state index contributed by atoms with van der Waals surface area (Å²) >= 11 is 0. The van der Waals surface area contributed by atoms with E-state index >= 15 is 8.42 Å². The first-order chi connectivity index (χ1) is 23.5. The number of rotatable bonds is 15. The number of aliphatic hydroxyl groups is 1. The third-order valence-corrected chi connectivity index (χ3v) is 18.6. The summed E-state index contributed by atoms with van der Waals surface area (Å²) in [7, 11) is -6.70. The molecule has 1 saturated carbocycles. The number of unbranched alkanes of at least 4 members (excludes halogenated alkanes) is 3. The summed E-state index contributed by atoms with van der Waals surface area (Å²) in [4.78, 5) is 0.370. The molecule has 49 heavy (non-hydrogen) atoms. The van der Waals surface area contributed by atoms with Crippen molar-refractivity contribution in [2.75, 3.05) is 6.61 Å². The summed E-state index contributed by atoms with van der Waals surface area (Å²) in [5.41, 5.74) is 0.578. The highest BCUT2D eigenvalue weighted by Gasteiger charge is 2.58. The first-order valence-electron chi connectivity index (χ1n) is 19.0. The van der Waals surface area contributed by atoms with Crippen LogP contribution in [0, 0.1) is 12.8 Å². The molecule has 7 heteroatoms. The molecule has 268 valence electrons. The minimum Gasteiger partial charge on any atom is -0.406 e. The maximum absolute atomic E-state index is 15.0. The van der Waals surface area contributed by atoms with E-state index in [0.717, 1.165) is 76.2 Å². The van der Waals surface area contributed by atoms with Gasteiger partial charge >= 0.3 is 0 Å². The van der Waals surface area contributed by atoms with Crippen LogP contribution < -0.4 is 10.4 Å². The van der Waals surface area contributed by atoms with Crippen LogP contribution in [0.1, 0.15) is 117 Å². The highest BCUT2D eigenvalue weighted by atomic mass is 32.2. The number of aliphatic hydroxyl groups excluding tert-OH is 1. The molecule has 4 atom stereocenters. The van der Waals surface area contributed by atoms with Crippen LogP contribution in [-0.2, 0) is 14.4 Å². The van der Waals surface area contributed by atoms with E-state index in [0.29, 0.717) is 11.5 Å². The largest absolute Gasteiger partial charge is 0.406 e. The molecule has 5 nitrogen and oxygen atoms in total. The molecule has 0 amide bonds. The van der Waals surface area contributed by atoms with Gasteiger partial charge in [0.2, 0.25) is 10.0 Å². The second-order valence-corrected chi connectivity index (χ2v) is 22.0. The van der Waals surface area contributed by atoms with Crippen molar-refractivity contribution in [2.24, 2.45) is 5.92 Å². The van der Waals surface area contributed by atoms with Crippen molar-refractivity contribution in [3.63, 3.8) is 0 Å². The zero-order chi connectivity index (χ0) is 35.1. The van der Waals surface area contributed by atoms with Crippen molar-refractivity contribution < 1.29 is 18.0 Å². The fourth-order valence-electron chi connectivity index (χ4n) is 9.07.